The van der Waals surface area contributed by atoms with Gasteiger partial charge in [-0.15, -0.1) is 0 Å². The van der Waals surface area contributed by atoms with Gasteiger partial charge in [-0.3, -0.25) is 9.79 Å². The molecule has 1 aliphatic heterocycles. The molecule has 0 aromatic heterocycles. The quantitative estimate of drug-likeness (QED) is 0.585. The summed E-state index contributed by atoms with van der Waals surface area (Å²) in [5.74, 6) is 1.15. The van der Waals surface area contributed by atoms with Gasteiger partial charge in [0.05, 0.1) is 0 Å². The highest BCUT2D eigenvalue weighted by Gasteiger charge is 2.17. The highest BCUT2D eigenvalue weighted by atomic mass is 16.2. The lowest BCUT2D eigenvalue weighted by atomic mass is 10.2. The van der Waals surface area contributed by atoms with Gasteiger partial charge in [-0.05, 0) is 6.42 Å². The Morgan fingerprint density at radius 2 is 2.36 bits per heavy atom. The van der Waals surface area contributed by atoms with Crippen LogP contribution in [0.2, 0.25) is 0 Å². The second-order valence-electron chi connectivity index (χ2n) is 2.75. The van der Waals surface area contributed by atoms with Crippen molar-refractivity contribution in [1.29, 1.82) is 0 Å². The lowest BCUT2D eigenvalue weighted by Crippen LogP contribution is -2.36. The molecule has 1 rings (SSSR count). The van der Waals surface area contributed by atoms with E-state index in [-0.39, 0.29) is 5.91 Å². The molecule has 1 aliphatic rings. The van der Waals surface area contributed by atoms with Crippen LogP contribution in [0.25, 0.3) is 0 Å². The summed E-state index contributed by atoms with van der Waals surface area (Å²) in [6.45, 7) is 2.77. The van der Waals surface area contributed by atoms with E-state index in [0.717, 1.165) is 18.7 Å². The number of amides is 1. The van der Waals surface area contributed by atoms with Crippen LogP contribution in [0.1, 0.15) is 26.2 Å². The number of carbonyl (C=O) groups excluding carboxylic acids is 1. The SMILES string of the molecule is CCCC1=NCCC(=O)N1C. The fraction of sp³-hybridized carbons (Fsp3) is 0.750. The van der Waals surface area contributed by atoms with Crippen molar-refractivity contribution >= 4 is 11.7 Å². The maximum Gasteiger partial charge on any atom is 0.229 e. The van der Waals surface area contributed by atoms with Crippen molar-refractivity contribution < 1.29 is 4.79 Å². The van der Waals surface area contributed by atoms with E-state index in [9.17, 15) is 4.79 Å². The van der Waals surface area contributed by atoms with Crippen LogP contribution in [-0.4, -0.2) is 30.2 Å². The molecule has 62 valence electrons. The first kappa shape index (κ1) is 8.24. The Balaban J connectivity index is 2.62. The van der Waals surface area contributed by atoms with Gasteiger partial charge >= 0.3 is 0 Å². The molecule has 1 heterocycles. The van der Waals surface area contributed by atoms with Crippen molar-refractivity contribution in [2.75, 3.05) is 13.6 Å². The van der Waals surface area contributed by atoms with Gasteiger partial charge in [0.1, 0.15) is 5.84 Å². The molecule has 0 N–H and O–H groups in total. The van der Waals surface area contributed by atoms with Crippen LogP contribution in [0, 0.1) is 0 Å². The molecule has 0 fully saturated rings. The Kier molecular flexibility index (Phi) is 2.63. The lowest BCUT2D eigenvalue weighted by Gasteiger charge is -2.22. The molecule has 1 amide bonds. The van der Waals surface area contributed by atoms with Gasteiger partial charge in [-0.25, -0.2) is 0 Å². The minimum absolute atomic E-state index is 0.198. The molecule has 3 nitrogen and oxygen atoms in total. The van der Waals surface area contributed by atoms with Gasteiger partial charge in [0, 0.05) is 26.4 Å². The molecule has 0 spiro atoms. The van der Waals surface area contributed by atoms with Crippen LogP contribution in [0.15, 0.2) is 4.99 Å². The molecule has 0 bridgehead atoms. The van der Waals surface area contributed by atoms with Crippen LogP contribution in [0.3, 0.4) is 0 Å². The van der Waals surface area contributed by atoms with E-state index in [1.165, 1.54) is 0 Å². The molecule has 11 heavy (non-hydrogen) atoms. The van der Waals surface area contributed by atoms with Crippen molar-refractivity contribution in [3.8, 4) is 0 Å². The van der Waals surface area contributed by atoms with Crippen molar-refractivity contribution in [2.24, 2.45) is 4.99 Å². The predicted octanol–water partition coefficient (Wildman–Crippen LogP) is 1.05. The normalized spacial score (nSPS) is 18.5. The molecular formula is C8H14N2O. The van der Waals surface area contributed by atoms with Crippen molar-refractivity contribution in [3.05, 3.63) is 0 Å². The minimum atomic E-state index is 0.198. The van der Waals surface area contributed by atoms with E-state index < -0.39 is 0 Å². The van der Waals surface area contributed by atoms with Gasteiger partial charge in [0.2, 0.25) is 5.91 Å². The van der Waals surface area contributed by atoms with E-state index in [1.807, 2.05) is 0 Å². The van der Waals surface area contributed by atoms with E-state index in [0.29, 0.717) is 13.0 Å². The number of hydrogen-bond acceptors (Lipinski definition) is 2. The van der Waals surface area contributed by atoms with Crippen LogP contribution in [0.4, 0.5) is 0 Å². The third-order valence-electron chi connectivity index (χ3n) is 1.85. The Hall–Kier alpha value is -0.860. The molecule has 3 heteroatoms. The largest absolute Gasteiger partial charge is 0.304 e. The summed E-state index contributed by atoms with van der Waals surface area (Å²) in [6.07, 6.45) is 2.54. The van der Waals surface area contributed by atoms with Crippen LogP contribution in [0.5, 0.6) is 0 Å². The Labute approximate surface area is 67.1 Å². The number of carbonyl (C=O) groups is 1. The molecule has 0 aromatic rings. The minimum Gasteiger partial charge on any atom is -0.304 e. The summed E-state index contributed by atoms with van der Waals surface area (Å²) in [4.78, 5) is 17.1. The summed E-state index contributed by atoms with van der Waals surface area (Å²) in [5.41, 5.74) is 0. The Bertz CT molecular complexity index is 187. The zero-order valence-corrected chi connectivity index (χ0v) is 7.13. The zero-order chi connectivity index (χ0) is 8.27. The average molecular weight is 154 g/mol. The summed E-state index contributed by atoms with van der Waals surface area (Å²) in [6, 6.07) is 0. The second kappa shape index (κ2) is 3.51. The van der Waals surface area contributed by atoms with Gasteiger partial charge in [-0.2, -0.15) is 0 Å². The number of aliphatic imine (C=N–C) groups is 1. The fourth-order valence-electron chi connectivity index (χ4n) is 1.17. The first-order chi connectivity index (χ1) is 5.25. The highest BCUT2D eigenvalue weighted by Crippen LogP contribution is 2.06. The first-order valence-corrected chi connectivity index (χ1v) is 4.05. The molecule has 0 saturated heterocycles. The molecule has 0 unspecified atom stereocenters. The van der Waals surface area contributed by atoms with E-state index in [2.05, 4.69) is 11.9 Å². The van der Waals surface area contributed by atoms with Gasteiger partial charge in [0.15, 0.2) is 0 Å². The maximum absolute atomic E-state index is 11.1. The topological polar surface area (TPSA) is 32.7 Å². The molecule has 0 radical (unpaired) electrons. The van der Waals surface area contributed by atoms with Crippen LogP contribution < -0.4 is 0 Å². The monoisotopic (exact) mass is 154 g/mol. The number of rotatable bonds is 2. The average Bonchev–Trinajstić information content (AvgIpc) is 1.99. The fourth-order valence-corrected chi connectivity index (χ4v) is 1.17. The third-order valence-corrected chi connectivity index (χ3v) is 1.85. The molecule has 0 aliphatic carbocycles. The van der Waals surface area contributed by atoms with Crippen molar-refractivity contribution in [2.45, 2.75) is 26.2 Å². The second-order valence-corrected chi connectivity index (χ2v) is 2.75. The van der Waals surface area contributed by atoms with Crippen LogP contribution in [-0.2, 0) is 4.79 Å². The summed E-state index contributed by atoms with van der Waals surface area (Å²) in [5, 5.41) is 0. The van der Waals surface area contributed by atoms with Crippen LogP contribution >= 0.6 is 0 Å². The first-order valence-electron chi connectivity index (χ1n) is 4.05. The zero-order valence-electron chi connectivity index (χ0n) is 7.13. The summed E-state index contributed by atoms with van der Waals surface area (Å²) in [7, 11) is 1.80. The van der Waals surface area contributed by atoms with E-state index in [4.69, 9.17) is 0 Å². The Morgan fingerprint density at radius 1 is 1.64 bits per heavy atom. The summed E-state index contributed by atoms with van der Waals surface area (Å²) < 4.78 is 0. The standard InChI is InChI=1S/C8H14N2O/c1-3-4-7-9-6-5-8(11)10(7)2/h3-6H2,1-2H3. The number of amidine groups is 1. The molecular weight excluding hydrogens is 140 g/mol. The highest BCUT2D eigenvalue weighted by molar-refractivity contribution is 5.99. The predicted molar refractivity (Wildman–Crippen MR) is 44.6 cm³/mol. The number of hydrogen-bond donors (Lipinski definition) is 0. The van der Waals surface area contributed by atoms with Gasteiger partial charge < -0.3 is 4.90 Å². The smallest absolute Gasteiger partial charge is 0.229 e. The lowest BCUT2D eigenvalue weighted by molar-refractivity contribution is -0.126. The van der Waals surface area contributed by atoms with Gasteiger partial charge in [0.25, 0.3) is 0 Å². The number of nitrogens with zero attached hydrogens (tertiary/aromatic N) is 2. The molecule has 0 saturated carbocycles. The third kappa shape index (κ3) is 1.79. The van der Waals surface area contributed by atoms with E-state index >= 15 is 0 Å². The van der Waals surface area contributed by atoms with Crippen molar-refractivity contribution in [3.63, 3.8) is 0 Å². The van der Waals surface area contributed by atoms with E-state index in [1.54, 1.807) is 11.9 Å². The maximum atomic E-state index is 11.1. The van der Waals surface area contributed by atoms with Gasteiger partial charge in [-0.1, -0.05) is 6.92 Å². The molecule has 0 aromatic carbocycles. The van der Waals surface area contributed by atoms with Crippen molar-refractivity contribution in [1.82, 2.24) is 4.90 Å². The summed E-state index contributed by atoms with van der Waals surface area (Å²) >= 11 is 0. The molecule has 0 atom stereocenters. The Morgan fingerprint density at radius 3 is 3.00 bits per heavy atom.